The molecule has 0 fully saturated rings. The van der Waals surface area contributed by atoms with Gasteiger partial charge in [0.25, 0.3) is 0 Å². The summed E-state index contributed by atoms with van der Waals surface area (Å²) >= 11 is 0. The fourth-order valence-electron chi connectivity index (χ4n) is 2.31. The van der Waals surface area contributed by atoms with E-state index in [1.807, 2.05) is 19.1 Å². The van der Waals surface area contributed by atoms with Crippen molar-refractivity contribution in [2.45, 2.75) is 26.4 Å². The minimum absolute atomic E-state index is 0.189. The molecule has 2 rings (SSSR count). The molecule has 1 N–H and O–H groups in total. The Kier molecular flexibility index (Phi) is 6.82. The average molecular weight is 326 g/mol. The lowest BCUT2D eigenvalue weighted by Crippen LogP contribution is -2.10. The van der Waals surface area contributed by atoms with E-state index in [1.54, 1.807) is 12.3 Å². The number of phenols is 1. The number of aliphatic imine (C=N–C) groups is 1. The molecule has 0 atom stereocenters. The fraction of sp³-hybridized carbons (Fsp3) is 0.350. The molecule has 0 saturated carbocycles. The van der Waals surface area contributed by atoms with E-state index in [0.29, 0.717) is 24.5 Å². The van der Waals surface area contributed by atoms with Gasteiger partial charge in [0.1, 0.15) is 11.5 Å². The van der Waals surface area contributed by atoms with Crippen LogP contribution in [0, 0.1) is 0 Å². The normalized spacial score (nSPS) is 11.3. The van der Waals surface area contributed by atoms with Crippen LogP contribution in [0.15, 0.2) is 47.5 Å². The maximum Gasteiger partial charge on any atom is 0.128 e. The molecule has 0 saturated heterocycles. The number of rotatable bonds is 8. The Bertz CT molecular complexity index is 664. The largest absolute Gasteiger partial charge is 0.507 e. The Morgan fingerprint density at radius 2 is 1.79 bits per heavy atom. The Hall–Kier alpha value is -2.33. The molecule has 2 aromatic carbocycles. The third-order valence-electron chi connectivity index (χ3n) is 3.50. The maximum absolute atomic E-state index is 10.0. The molecule has 0 spiro atoms. The van der Waals surface area contributed by atoms with Crippen LogP contribution < -0.4 is 4.74 Å². The van der Waals surface area contributed by atoms with E-state index in [2.05, 4.69) is 48.3 Å². The highest BCUT2D eigenvalue weighted by Crippen LogP contribution is 2.22. The van der Waals surface area contributed by atoms with Gasteiger partial charge in [0.15, 0.2) is 0 Å². The summed E-state index contributed by atoms with van der Waals surface area (Å²) < 4.78 is 5.50. The second kappa shape index (κ2) is 9.08. The molecule has 2 aromatic rings. The lowest BCUT2D eigenvalue weighted by atomic mass is 10.1. The standard InChI is InChI=1S/C20H26N2O2/c1-4-11-24-19-10-9-18(20(23)12-19)14-21-13-16-5-7-17(8-6-16)15-22(2)3/h5-10,12,14,23H,4,11,13,15H2,1-3H3. The molecule has 4 nitrogen and oxygen atoms in total. The molecular weight excluding hydrogens is 300 g/mol. The van der Waals surface area contributed by atoms with Crippen molar-refractivity contribution in [1.82, 2.24) is 4.90 Å². The zero-order valence-corrected chi connectivity index (χ0v) is 14.7. The molecule has 0 heterocycles. The van der Waals surface area contributed by atoms with Crippen LogP contribution in [0.2, 0.25) is 0 Å². The lowest BCUT2D eigenvalue weighted by molar-refractivity contribution is 0.315. The number of hydrogen-bond acceptors (Lipinski definition) is 4. The van der Waals surface area contributed by atoms with Gasteiger partial charge in [-0.05, 0) is 43.8 Å². The highest BCUT2D eigenvalue weighted by Gasteiger charge is 2.01. The van der Waals surface area contributed by atoms with Crippen LogP contribution in [0.4, 0.5) is 0 Å². The van der Waals surface area contributed by atoms with E-state index in [1.165, 1.54) is 5.56 Å². The molecule has 0 bridgehead atoms. The molecule has 0 aliphatic heterocycles. The first-order valence-corrected chi connectivity index (χ1v) is 8.26. The van der Waals surface area contributed by atoms with Gasteiger partial charge in [0.2, 0.25) is 0 Å². The summed E-state index contributed by atoms with van der Waals surface area (Å²) in [4.78, 5) is 6.56. The quantitative estimate of drug-likeness (QED) is 0.749. The minimum atomic E-state index is 0.189. The van der Waals surface area contributed by atoms with Crippen molar-refractivity contribution in [2.75, 3.05) is 20.7 Å². The lowest BCUT2D eigenvalue weighted by Gasteiger charge is -2.09. The first-order valence-electron chi connectivity index (χ1n) is 8.26. The highest BCUT2D eigenvalue weighted by atomic mass is 16.5. The molecule has 24 heavy (non-hydrogen) atoms. The van der Waals surface area contributed by atoms with E-state index in [4.69, 9.17) is 4.74 Å². The van der Waals surface area contributed by atoms with Gasteiger partial charge in [-0.2, -0.15) is 0 Å². The van der Waals surface area contributed by atoms with Crippen LogP contribution in [0.25, 0.3) is 0 Å². The number of hydrogen-bond donors (Lipinski definition) is 1. The first kappa shape index (κ1) is 18.0. The van der Waals surface area contributed by atoms with Crippen LogP contribution >= 0.6 is 0 Å². The fourth-order valence-corrected chi connectivity index (χ4v) is 2.31. The van der Waals surface area contributed by atoms with Gasteiger partial charge in [-0.15, -0.1) is 0 Å². The van der Waals surface area contributed by atoms with Crippen LogP contribution in [0.3, 0.4) is 0 Å². The first-order chi connectivity index (χ1) is 11.6. The number of ether oxygens (including phenoxy) is 1. The Labute approximate surface area is 144 Å². The third kappa shape index (κ3) is 5.70. The van der Waals surface area contributed by atoms with E-state index in [9.17, 15) is 5.11 Å². The second-order valence-corrected chi connectivity index (χ2v) is 6.09. The average Bonchev–Trinajstić information content (AvgIpc) is 2.56. The van der Waals surface area contributed by atoms with Crippen LogP contribution in [-0.4, -0.2) is 36.9 Å². The summed E-state index contributed by atoms with van der Waals surface area (Å²) in [5.74, 6) is 0.872. The van der Waals surface area contributed by atoms with Gasteiger partial charge in [-0.3, -0.25) is 4.99 Å². The van der Waals surface area contributed by atoms with E-state index in [0.717, 1.165) is 18.5 Å². The molecule has 128 valence electrons. The van der Waals surface area contributed by atoms with Crippen LogP contribution in [0.1, 0.15) is 30.0 Å². The summed E-state index contributed by atoms with van der Waals surface area (Å²) in [6.07, 6.45) is 2.64. The predicted molar refractivity (Wildman–Crippen MR) is 99.0 cm³/mol. The monoisotopic (exact) mass is 326 g/mol. The summed E-state index contributed by atoms with van der Waals surface area (Å²) in [5, 5.41) is 10.0. The molecule has 4 heteroatoms. The number of benzene rings is 2. The van der Waals surface area contributed by atoms with Crippen molar-refractivity contribution in [3.05, 3.63) is 59.2 Å². The van der Waals surface area contributed by atoms with Gasteiger partial charge >= 0.3 is 0 Å². The van der Waals surface area contributed by atoms with Crippen molar-refractivity contribution in [1.29, 1.82) is 0 Å². The van der Waals surface area contributed by atoms with Crippen molar-refractivity contribution in [3.8, 4) is 11.5 Å². The minimum Gasteiger partial charge on any atom is -0.507 e. The third-order valence-corrected chi connectivity index (χ3v) is 3.50. The van der Waals surface area contributed by atoms with Crippen molar-refractivity contribution in [3.63, 3.8) is 0 Å². The zero-order chi connectivity index (χ0) is 17.4. The van der Waals surface area contributed by atoms with Crippen LogP contribution in [-0.2, 0) is 13.1 Å². The van der Waals surface area contributed by atoms with Crippen LogP contribution in [0.5, 0.6) is 11.5 Å². The van der Waals surface area contributed by atoms with Gasteiger partial charge in [0.05, 0.1) is 13.2 Å². The van der Waals surface area contributed by atoms with E-state index in [-0.39, 0.29) is 5.75 Å². The smallest absolute Gasteiger partial charge is 0.128 e. The summed E-state index contributed by atoms with van der Waals surface area (Å²) in [7, 11) is 4.12. The van der Waals surface area contributed by atoms with E-state index < -0.39 is 0 Å². The summed E-state index contributed by atoms with van der Waals surface area (Å²) in [6.45, 7) is 4.23. The van der Waals surface area contributed by atoms with Gasteiger partial charge in [-0.25, -0.2) is 0 Å². The van der Waals surface area contributed by atoms with Crippen molar-refractivity contribution < 1.29 is 9.84 Å². The molecular formula is C20H26N2O2. The molecule has 0 aromatic heterocycles. The zero-order valence-electron chi connectivity index (χ0n) is 14.7. The maximum atomic E-state index is 10.0. The molecule has 0 amide bonds. The molecule has 0 aliphatic rings. The molecule has 0 aliphatic carbocycles. The Balaban J connectivity index is 1.93. The topological polar surface area (TPSA) is 45.1 Å². The second-order valence-electron chi connectivity index (χ2n) is 6.09. The molecule has 0 unspecified atom stereocenters. The number of aromatic hydroxyl groups is 1. The summed E-state index contributed by atoms with van der Waals surface area (Å²) in [5.41, 5.74) is 3.13. The number of phenolic OH excluding ortho intramolecular Hbond substituents is 1. The van der Waals surface area contributed by atoms with Gasteiger partial charge < -0.3 is 14.7 Å². The number of nitrogens with zero attached hydrogens (tertiary/aromatic N) is 2. The SMILES string of the molecule is CCCOc1ccc(C=NCc2ccc(CN(C)C)cc2)c(O)c1. The van der Waals surface area contributed by atoms with Gasteiger partial charge in [0, 0.05) is 24.4 Å². The summed E-state index contributed by atoms with van der Waals surface area (Å²) in [6, 6.07) is 13.8. The highest BCUT2D eigenvalue weighted by molar-refractivity contribution is 5.83. The predicted octanol–water partition coefficient (Wildman–Crippen LogP) is 3.86. The van der Waals surface area contributed by atoms with Gasteiger partial charge in [-0.1, -0.05) is 31.2 Å². The Morgan fingerprint density at radius 1 is 1.08 bits per heavy atom. The molecule has 0 radical (unpaired) electrons. The van der Waals surface area contributed by atoms with E-state index >= 15 is 0 Å². The Morgan fingerprint density at radius 3 is 2.42 bits per heavy atom. The van der Waals surface area contributed by atoms with Crippen molar-refractivity contribution in [2.24, 2.45) is 4.99 Å². The van der Waals surface area contributed by atoms with Crippen molar-refractivity contribution >= 4 is 6.21 Å².